The first-order valence-electron chi connectivity index (χ1n) is 4.66. The van der Waals surface area contributed by atoms with E-state index in [-0.39, 0.29) is 0 Å². The van der Waals surface area contributed by atoms with Crippen LogP contribution in [0.25, 0.3) is 5.57 Å². The van der Waals surface area contributed by atoms with Gasteiger partial charge in [0.25, 0.3) is 0 Å². The molecule has 0 aliphatic carbocycles. The molecule has 1 aromatic rings. The van der Waals surface area contributed by atoms with E-state index < -0.39 is 0 Å². The average molecular weight is 207 g/mol. The second-order valence-electron chi connectivity index (χ2n) is 3.42. The van der Waals surface area contributed by atoms with E-state index in [2.05, 4.69) is 12.0 Å². The van der Waals surface area contributed by atoms with Crippen molar-refractivity contribution in [3.8, 4) is 5.75 Å². The van der Waals surface area contributed by atoms with Gasteiger partial charge in [0.15, 0.2) is 0 Å². The molecule has 15 heavy (non-hydrogen) atoms. The zero-order chi connectivity index (χ0) is 11.4. The summed E-state index contributed by atoms with van der Waals surface area (Å²) in [5.74, 6) is 5.98. The maximum absolute atomic E-state index is 5.92. The highest BCUT2D eigenvalue weighted by Gasteiger charge is 2.09. The van der Waals surface area contributed by atoms with Crippen LogP contribution in [0.4, 0.5) is 5.69 Å². The lowest BCUT2D eigenvalue weighted by molar-refractivity contribution is 0.413. The highest BCUT2D eigenvalue weighted by atomic mass is 16.5. The van der Waals surface area contributed by atoms with Gasteiger partial charge in [-0.2, -0.15) is 0 Å². The molecule has 0 radical (unpaired) electrons. The second kappa shape index (κ2) is 4.82. The molecular weight excluding hydrogens is 190 g/mol. The maximum Gasteiger partial charge on any atom is 0.128 e. The maximum atomic E-state index is 5.92. The fourth-order valence-corrected chi connectivity index (χ4v) is 1.53. The number of allylic oxidation sites excluding steroid dienone is 1. The second-order valence-corrected chi connectivity index (χ2v) is 3.42. The van der Waals surface area contributed by atoms with Crippen molar-refractivity contribution in [3.05, 3.63) is 29.8 Å². The van der Waals surface area contributed by atoms with Gasteiger partial charge in [-0.3, -0.25) is 11.3 Å². The normalized spacial score (nSPS) is 10.1. The van der Waals surface area contributed by atoms with Gasteiger partial charge in [-0.1, -0.05) is 6.58 Å². The number of nitrogen functional groups attached to an aromatic ring is 1. The Morgan fingerprint density at radius 3 is 2.67 bits per heavy atom. The van der Waals surface area contributed by atoms with Crippen LogP contribution in [0.15, 0.2) is 18.7 Å². The quantitative estimate of drug-likeness (QED) is 0.395. The Labute approximate surface area is 89.9 Å². The zero-order valence-electron chi connectivity index (χ0n) is 9.13. The van der Waals surface area contributed by atoms with Gasteiger partial charge in [-0.15, -0.1) is 0 Å². The third-order valence-electron chi connectivity index (χ3n) is 2.15. The van der Waals surface area contributed by atoms with E-state index in [1.807, 2.05) is 19.1 Å². The summed E-state index contributed by atoms with van der Waals surface area (Å²) in [6.07, 6.45) is 0. The Kier molecular flexibility index (Phi) is 3.71. The number of ether oxygens (including phenoxy) is 1. The highest BCUT2D eigenvalue weighted by Crippen LogP contribution is 2.31. The summed E-state index contributed by atoms with van der Waals surface area (Å²) in [6, 6.07) is 3.77. The van der Waals surface area contributed by atoms with Crippen molar-refractivity contribution in [2.24, 2.45) is 5.84 Å². The van der Waals surface area contributed by atoms with Gasteiger partial charge in [0.05, 0.1) is 7.11 Å². The van der Waals surface area contributed by atoms with Gasteiger partial charge < -0.3 is 10.5 Å². The molecule has 5 N–H and O–H groups in total. The van der Waals surface area contributed by atoms with Crippen LogP contribution in [0.5, 0.6) is 5.75 Å². The third kappa shape index (κ3) is 2.49. The van der Waals surface area contributed by atoms with E-state index in [0.29, 0.717) is 12.2 Å². The predicted molar refractivity (Wildman–Crippen MR) is 63.1 cm³/mol. The van der Waals surface area contributed by atoms with Crippen molar-refractivity contribution < 1.29 is 4.74 Å². The van der Waals surface area contributed by atoms with Crippen LogP contribution < -0.4 is 21.7 Å². The summed E-state index contributed by atoms with van der Waals surface area (Å²) < 4.78 is 5.27. The van der Waals surface area contributed by atoms with Gasteiger partial charge in [0.2, 0.25) is 0 Å². The molecule has 0 bridgehead atoms. The SMILES string of the molecule is C=C(C)c1c(N)cc(CNN)cc1OC. The molecule has 0 unspecified atom stereocenters. The molecule has 4 nitrogen and oxygen atoms in total. The number of nitrogens with one attached hydrogen (secondary N) is 1. The standard InChI is InChI=1S/C11H17N3O/c1-7(2)11-9(12)4-8(6-14-13)5-10(11)15-3/h4-5,14H,1,6,12-13H2,2-3H3. The van der Waals surface area contributed by atoms with Crippen LogP contribution in [0.3, 0.4) is 0 Å². The van der Waals surface area contributed by atoms with Crippen LogP contribution in [0.1, 0.15) is 18.1 Å². The lowest BCUT2D eigenvalue weighted by Gasteiger charge is -2.13. The Morgan fingerprint density at radius 1 is 1.53 bits per heavy atom. The number of methoxy groups -OCH3 is 1. The number of benzene rings is 1. The van der Waals surface area contributed by atoms with Crippen molar-refractivity contribution >= 4 is 11.3 Å². The zero-order valence-corrected chi connectivity index (χ0v) is 9.13. The Morgan fingerprint density at radius 2 is 2.20 bits per heavy atom. The topological polar surface area (TPSA) is 73.3 Å². The lowest BCUT2D eigenvalue weighted by Crippen LogP contribution is -2.21. The van der Waals surface area contributed by atoms with E-state index in [4.69, 9.17) is 16.3 Å². The van der Waals surface area contributed by atoms with Crippen molar-refractivity contribution in [2.75, 3.05) is 12.8 Å². The lowest BCUT2D eigenvalue weighted by atomic mass is 10.0. The number of hydrogen-bond acceptors (Lipinski definition) is 4. The van der Waals surface area contributed by atoms with Gasteiger partial charge in [0.1, 0.15) is 5.75 Å². The van der Waals surface area contributed by atoms with Gasteiger partial charge in [-0.25, -0.2) is 0 Å². The number of rotatable bonds is 4. The molecule has 0 saturated heterocycles. The average Bonchev–Trinajstić information content (AvgIpc) is 2.16. The number of nitrogens with two attached hydrogens (primary N) is 2. The molecule has 0 fully saturated rings. The number of anilines is 1. The van der Waals surface area contributed by atoms with Crippen molar-refractivity contribution in [1.29, 1.82) is 0 Å². The van der Waals surface area contributed by atoms with Gasteiger partial charge in [0, 0.05) is 17.8 Å². The fraction of sp³-hybridized carbons (Fsp3) is 0.273. The molecule has 0 aliphatic heterocycles. The third-order valence-corrected chi connectivity index (χ3v) is 2.15. The summed E-state index contributed by atoms with van der Waals surface area (Å²) in [6.45, 7) is 6.32. The summed E-state index contributed by atoms with van der Waals surface area (Å²) >= 11 is 0. The highest BCUT2D eigenvalue weighted by molar-refractivity contribution is 5.78. The summed E-state index contributed by atoms with van der Waals surface area (Å²) in [7, 11) is 1.61. The van der Waals surface area contributed by atoms with Gasteiger partial charge >= 0.3 is 0 Å². The van der Waals surface area contributed by atoms with E-state index in [9.17, 15) is 0 Å². The molecule has 0 saturated carbocycles. The molecule has 1 rings (SSSR count). The van der Waals surface area contributed by atoms with E-state index in [1.54, 1.807) is 7.11 Å². The summed E-state index contributed by atoms with van der Waals surface area (Å²) in [5.41, 5.74) is 11.9. The minimum Gasteiger partial charge on any atom is -0.496 e. The Balaban J connectivity index is 3.24. The van der Waals surface area contributed by atoms with Gasteiger partial charge in [-0.05, 0) is 30.2 Å². The van der Waals surface area contributed by atoms with Crippen molar-refractivity contribution in [3.63, 3.8) is 0 Å². The van der Waals surface area contributed by atoms with Crippen molar-refractivity contribution in [2.45, 2.75) is 13.5 Å². The largest absolute Gasteiger partial charge is 0.496 e. The number of hydrazine groups is 1. The molecule has 0 spiro atoms. The van der Waals surface area contributed by atoms with Crippen LogP contribution in [-0.4, -0.2) is 7.11 Å². The van der Waals surface area contributed by atoms with E-state index in [0.717, 1.165) is 22.4 Å². The molecule has 0 aromatic heterocycles. The number of hydrogen-bond donors (Lipinski definition) is 3. The first-order valence-corrected chi connectivity index (χ1v) is 4.66. The Hall–Kier alpha value is -1.52. The molecule has 4 heteroatoms. The molecule has 1 aromatic carbocycles. The van der Waals surface area contributed by atoms with Crippen LogP contribution in [-0.2, 0) is 6.54 Å². The first kappa shape index (κ1) is 11.6. The van der Waals surface area contributed by atoms with Crippen LogP contribution >= 0.6 is 0 Å². The molecule has 0 heterocycles. The minimum absolute atomic E-state index is 0.553. The summed E-state index contributed by atoms with van der Waals surface area (Å²) in [5, 5.41) is 0. The fourth-order valence-electron chi connectivity index (χ4n) is 1.53. The molecule has 0 amide bonds. The van der Waals surface area contributed by atoms with E-state index >= 15 is 0 Å². The predicted octanol–water partition coefficient (Wildman–Crippen LogP) is 1.27. The first-order chi connectivity index (χ1) is 7.10. The molecule has 82 valence electrons. The molecule has 0 aliphatic rings. The molecule has 0 atom stereocenters. The van der Waals surface area contributed by atoms with E-state index in [1.165, 1.54) is 0 Å². The Bertz CT molecular complexity index is 374. The van der Waals surface area contributed by atoms with Crippen LogP contribution in [0, 0.1) is 0 Å². The summed E-state index contributed by atoms with van der Waals surface area (Å²) in [4.78, 5) is 0. The minimum atomic E-state index is 0.553. The molecular formula is C11H17N3O. The smallest absolute Gasteiger partial charge is 0.128 e. The van der Waals surface area contributed by atoms with Crippen LogP contribution in [0.2, 0.25) is 0 Å². The monoisotopic (exact) mass is 207 g/mol. The van der Waals surface area contributed by atoms with Crippen molar-refractivity contribution in [1.82, 2.24) is 5.43 Å².